The summed E-state index contributed by atoms with van der Waals surface area (Å²) in [6, 6.07) is 11.3. The first-order valence-electron chi connectivity index (χ1n) is 6.81. The Hall–Kier alpha value is -1.72. The molecule has 2 aromatic rings. The molecule has 1 aliphatic heterocycles. The summed E-state index contributed by atoms with van der Waals surface area (Å²) < 4.78 is 0. The highest BCUT2D eigenvalue weighted by atomic mass is 35.5. The molecule has 24 heavy (non-hydrogen) atoms. The maximum absolute atomic E-state index is 12.5. The van der Waals surface area contributed by atoms with Gasteiger partial charge in [-0.2, -0.15) is 0 Å². The molecule has 0 aromatic carbocycles. The number of pyridine rings is 2. The summed E-state index contributed by atoms with van der Waals surface area (Å²) in [7, 11) is 0. The summed E-state index contributed by atoms with van der Waals surface area (Å²) in [6.45, 7) is 1.13. The third-order valence-electron chi connectivity index (χ3n) is 3.23. The van der Waals surface area contributed by atoms with E-state index in [1.54, 1.807) is 12.4 Å². The second-order valence-corrected chi connectivity index (χ2v) is 4.78. The Morgan fingerprint density at radius 3 is 1.62 bits per heavy atom. The van der Waals surface area contributed by atoms with Gasteiger partial charge in [-0.05, 0) is 36.4 Å². The van der Waals surface area contributed by atoms with Crippen molar-refractivity contribution in [3.63, 3.8) is 0 Å². The molecule has 128 valence electrons. The van der Waals surface area contributed by atoms with Crippen LogP contribution in [0, 0.1) is 0 Å². The average molecular weight is 387 g/mol. The Morgan fingerprint density at radius 2 is 1.25 bits per heavy atom. The minimum atomic E-state index is 0. The molecule has 0 spiro atoms. The lowest BCUT2D eigenvalue weighted by molar-refractivity contribution is -0.112. The highest BCUT2D eigenvalue weighted by molar-refractivity contribution is 6.14. The molecule has 3 rings (SSSR count). The predicted molar refractivity (Wildman–Crippen MR) is 104 cm³/mol. The fraction of sp³-hybridized carbons (Fsp3) is 0.118. The summed E-state index contributed by atoms with van der Waals surface area (Å²) in [5, 5.41) is 3.24. The van der Waals surface area contributed by atoms with E-state index in [0.29, 0.717) is 13.1 Å². The summed E-state index contributed by atoms with van der Waals surface area (Å²) in [4.78, 5) is 21.0. The Labute approximate surface area is 159 Å². The minimum Gasteiger partial charge on any atom is -0.308 e. The third-order valence-corrected chi connectivity index (χ3v) is 3.23. The van der Waals surface area contributed by atoms with Crippen LogP contribution < -0.4 is 5.32 Å². The van der Waals surface area contributed by atoms with Gasteiger partial charge in [-0.1, -0.05) is 12.1 Å². The van der Waals surface area contributed by atoms with Crippen LogP contribution in [0.4, 0.5) is 0 Å². The van der Waals surface area contributed by atoms with Crippen molar-refractivity contribution in [2.24, 2.45) is 0 Å². The zero-order valence-corrected chi connectivity index (χ0v) is 15.2. The number of nitrogens with zero attached hydrogens (tertiary/aromatic N) is 2. The fourth-order valence-corrected chi connectivity index (χ4v) is 2.21. The number of hydrogen-bond acceptors (Lipinski definition) is 4. The van der Waals surface area contributed by atoms with Crippen LogP contribution >= 0.6 is 37.2 Å². The zero-order valence-electron chi connectivity index (χ0n) is 12.7. The van der Waals surface area contributed by atoms with Gasteiger partial charge in [-0.3, -0.25) is 14.8 Å². The highest BCUT2D eigenvalue weighted by Gasteiger charge is 2.20. The molecule has 1 aliphatic rings. The second kappa shape index (κ2) is 10.9. The number of piperidine rings is 1. The SMILES string of the molecule is Cl.Cl.Cl.O=C1/C(=C\c2ccccn2)CNC/C1=C\c1ccccn1. The Kier molecular flexibility index (Phi) is 10.2. The van der Waals surface area contributed by atoms with E-state index in [9.17, 15) is 4.79 Å². The smallest absolute Gasteiger partial charge is 0.187 e. The van der Waals surface area contributed by atoms with Gasteiger partial charge in [0.15, 0.2) is 5.78 Å². The average Bonchev–Trinajstić information content (AvgIpc) is 2.53. The number of hydrogen-bond donors (Lipinski definition) is 1. The van der Waals surface area contributed by atoms with Crippen LogP contribution in [0.5, 0.6) is 0 Å². The minimum absolute atomic E-state index is 0. The quantitative estimate of drug-likeness (QED) is 0.804. The van der Waals surface area contributed by atoms with E-state index in [2.05, 4.69) is 15.3 Å². The molecule has 1 saturated heterocycles. The lowest BCUT2D eigenvalue weighted by Gasteiger charge is -2.17. The van der Waals surface area contributed by atoms with Gasteiger partial charge in [0.2, 0.25) is 0 Å². The number of rotatable bonds is 2. The van der Waals surface area contributed by atoms with E-state index in [1.807, 2.05) is 48.6 Å². The van der Waals surface area contributed by atoms with E-state index in [-0.39, 0.29) is 43.0 Å². The molecule has 1 fully saturated rings. The maximum Gasteiger partial charge on any atom is 0.187 e. The lowest BCUT2D eigenvalue weighted by atomic mass is 9.97. The molecule has 2 aromatic heterocycles. The molecule has 0 atom stereocenters. The molecule has 0 unspecified atom stereocenters. The molecule has 0 bridgehead atoms. The van der Waals surface area contributed by atoms with Crippen molar-refractivity contribution in [3.05, 3.63) is 71.3 Å². The molecule has 7 heteroatoms. The van der Waals surface area contributed by atoms with Crippen molar-refractivity contribution in [2.75, 3.05) is 13.1 Å². The number of nitrogens with one attached hydrogen (secondary N) is 1. The first kappa shape index (κ1) is 22.3. The van der Waals surface area contributed by atoms with Gasteiger partial charge in [0.1, 0.15) is 0 Å². The van der Waals surface area contributed by atoms with Gasteiger partial charge in [-0.15, -0.1) is 37.2 Å². The van der Waals surface area contributed by atoms with Crippen molar-refractivity contribution < 1.29 is 4.79 Å². The molecule has 4 nitrogen and oxygen atoms in total. The Balaban J connectivity index is 0.00000176. The van der Waals surface area contributed by atoms with Gasteiger partial charge >= 0.3 is 0 Å². The standard InChI is InChI=1S/C17H15N3O.3ClH/c21-17-13(9-15-5-1-3-7-19-15)11-18-12-14(17)10-16-6-2-4-8-20-16;;;/h1-10,18H,11-12H2;3*1H/b13-9-,14-10+;;;. The predicted octanol–water partition coefficient (Wildman–Crippen LogP) is 3.38. The molecule has 0 saturated carbocycles. The van der Waals surface area contributed by atoms with Crippen LogP contribution in [0.3, 0.4) is 0 Å². The molecular formula is C17H18Cl3N3O. The first-order valence-corrected chi connectivity index (χ1v) is 6.81. The largest absolute Gasteiger partial charge is 0.308 e. The first-order chi connectivity index (χ1) is 10.3. The molecule has 3 heterocycles. The normalized spacial score (nSPS) is 16.8. The van der Waals surface area contributed by atoms with Crippen LogP contribution in [0.2, 0.25) is 0 Å². The number of carbonyl (C=O) groups is 1. The van der Waals surface area contributed by atoms with Crippen LogP contribution in [0.25, 0.3) is 12.2 Å². The van der Waals surface area contributed by atoms with Gasteiger partial charge in [-0.25, -0.2) is 0 Å². The highest BCUT2D eigenvalue weighted by Crippen LogP contribution is 2.15. The summed E-state index contributed by atoms with van der Waals surface area (Å²) >= 11 is 0. The van der Waals surface area contributed by atoms with Crippen LogP contribution in [-0.4, -0.2) is 28.8 Å². The van der Waals surface area contributed by atoms with Crippen LogP contribution in [-0.2, 0) is 4.79 Å². The summed E-state index contributed by atoms with van der Waals surface area (Å²) in [5.74, 6) is 0.0602. The van der Waals surface area contributed by atoms with Gasteiger partial charge in [0.05, 0.1) is 11.4 Å². The van der Waals surface area contributed by atoms with Gasteiger partial charge in [0, 0.05) is 36.6 Å². The van der Waals surface area contributed by atoms with E-state index >= 15 is 0 Å². The monoisotopic (exact) mass is 385 g/mol. The van der Waals surface area contributed by atoms with Gasteiger partial charge < -0.3 is 5.32 Å². The molecule has 1 N–H and O–H groups in total. The van der Waals surface area contributed by atoms with Crippen LogP contribution in [0.1, 0.15) is 11.4 Å². The number of halogens is 3. The third kappa shape index (κ3) is 5.73. The number of Topliss-reactive ketones (excluding diaryl/α,β-unsaturated/α-hetero) is 1. The molecular weight excluding hydrogens is 369 g/mol. The van der Waals surface area contributed by atoms with E-state index in [1.165, 1.54) is 0 Å². The van der Waals surface area contributed by atoms with Gasteiger partial charge in [0.25, 0.3) is 0 Å². The maximum atomic E-state index is 12.5. The lowest BCUT2D eigenvalue weighted by Crippen LogP contribution is -2.32. The van der Waals surface area contributed by atoms with Crippen LogP contribution in [0.15, 0.2) is 59.9 Å². The summed E-state index contributed by atoms with van der Waals surface area (Å²) in [5.41, 5.74) is 3.03. The number of ketones is 1. The van der Waals surface area contributed by atoms with Crippen molar-refractivity contribution >= 4 is 55.2 Å². The fourth-order valence-electron chi connectivity index (χ4n) is 2.21. The van der Waals surface area contributed by atoms with Crippen molar-refractivity contribution in [2.45, 2.75) is 0 Å². The Morgan fingerprint density at radius 1 is 0.792 bits per heavy atom. The van der Waals surface area contributed by atoms with Crippen molar-refractivity contribution in [1.82, 2.24) is 15.3 Å². The zero-order chi connectivity index (χ0) is 14.5. The number of aromatic nitrogens is 2. The Bertz CT molecular complexity index is 644. The van der Waals surface area contributed by atoms with E-state index in [4.69, 9.17) is 0 Å². The molecule has 0 radical (unpaired) electrons. The number of carbonyl (C=O) groups excluding carboxylic acids is 1. The topological polar surface area (TPSA) is 54.9 Å². The second-order valence-electron chi connectivity index (χ2n) is 4.78. The van der Waals surface area contributed by atoms with E-state index in [0.717, 1.165) is 22.5 Å². The van der Waals surface area contributed by atoms with Crippen molar-refractivity contribution in [3.8, 4) is 0 Å². The molecule has 0 aliphatic carbocycles. The van der Waals surface area contributed by atoms with Crippen molar-refractivity contribution in [1.29, 1.82) is 0 Å². The van der Waals surface area contributed by atoms with E-state index < -0.39 is 0 Å². The molecule has 0 amide bonds. The summed E-state index contributed by atoms with van der Waals surface area (Å²) in [6.07, 6.45) is 7.11.